The molecule has 3 atom stereocenters. The first kappa shape index (κ1) is 15.6. The second-order valence-electron chi connectivity index (χ2n) is 6.56. The van der Waals surface area contributed by atoms with Gasteiger partial charge in [0.15, 0.2) is 0 Å². The second kappa shape index (κ2) is 6.55. The summed E-state index contributed by atoms with van der Waals surface area (Å²) in [4.78, 5) is 16.6. The van der Waals surface area contributed by atoms with Gasteiger partial charge in [0.25, 0.3) is 0 Å². The molecule has 0 radical (unpaired) electrons. The molecule has 1 aliphatic rings. The molecule has 0 bridgehead atoms. The lowest BCUT2D eigenvalue weighted by Crippen LogP contribution is -2.28. The van der Waals surface area contributed by atoms with Gasteiger partial charge in [0.05, 0.1) is 12.3 Å². The quantitative estimate of drug-likeness (QED) is 0.757. The molecule has 2 aromatic heterocycles. The van der Waals surface area contributed by atoms with Crippen LogP contribution < -0.4 is 5.32 Å². The Morgan fingerprint density at radius 3 is 2.68 bits per heavy atom. The molecule has 0 unspecified atom stereocenters. The number of carbonyl (C=O) groups excluding carboxylic acids is 1. The van der Waals surface area contributed by atoms with Crippen LogP contribution in [0.3, 0.4) is 0 Å². The highest BCUT2D eigenvalue weighted by molar-refractivity contribution is 5.83. The fourth-order valence-electron chi connectivity index (χ4n) is 3.20. The average molecular weight is 332 g/mol. The molecule has 1 N–H and O–H groups in total. The van der Waals surface area contributed by atoms with Crippen molar-refractivity contribution in [2.75, 3.05) is 0 Å². The van der Waals surface area contributed by atoms with E-state index in [1.807, 2.05) is 37.4 Å². The Morgan fingerprint density at radius 2 is 2.00 bits per heavy atom. The first-order valence-electron chi connectivity index (χ1n) is 8.56. The van der Waals surface area contributed by atoms with E-state index in [1.165, 1.54) is 0 Å². The first-order chi connectivity index (χ1) is 12.2. The van der Waals surface area contributed by atoms with Gasteiger partial charge >= 0.3 is 0 Å². The lowest BCUT2D eigenvalue weighted by Gasteiger charge is -2.15. The van der Waals surface area contributed by atoms with Crippen molar-refractivity contribution in [3.05, 3.63) is 78.5 Å². The second-order valence-corrected chi connectivity index (χ2v) is 6.56. The molecule has 0 spiro atoms. The van der Waals surface area contributed by atoms with Crippen LogP contribution in [0.25, 0.3) is 11.1 Å². The fourth-order valence-corrected chi connectivity index (χ4v) is 3.20. The molecule has 4 heteroatoms. The number of pyridine rings is 1. The van der Waals surface area contributed by atoms with Crippen molar-refractivity contribution in [2.45, 2.75) is 25.3 Å². The zero-order valence-electron chi connectivity index (χ0n) is 14.1. The molecule has 0 saturated heterocycles. The predicted octanol–water partition coefficient (Wildman–Crippen LogP) is 4.32. The van der Waals surface area contributed by atoms with E-state index in [9.17, 15) is 4.79 Å². The van der Waals surface area contributed by atoms with E-state index in [4.69, 9.17) is 4.42 Å². The van der Waals surface area contributed by atoms with Crippen molar-refractivity contribution in [1.29, 1.82) is 0 Å². The van der Waals surface area contributed by atoms with Crippen molar-refractivity contribution >= 4 is 5.91 Å². The maximum absolute atomic E-state index is 12.4. The average Bonchev–Trinajstić information content (AvgIpc) is 3.28. The van der Waals surface area contributed by atoms with Gasteiger partial charge in [-0.2, -0.15) is 0 Å². The molecule has 1 saturated carbocycles. The highest BCUT2D eigenvalue weighted by Gasteiger charge is 2.46. The predicted molar refractivity (Wildman–Crippen MR) is 95.8 cm³/mol. The van der Waals surface area contributed by atoms with E-state index in [1.54, 1.807) is 12.5 Å². The lowest BCUT2D eigenvalue weighted by atomic mass is 10.0. The van der Waals surface area contributed by atoms with E-state index in [0.717, 1.165) is 28.9 Å². The molecule has 4 nitrogen and oxygen atoms in total. The Labute approximate surface area is 146 Å². The number of rotatable bonds is 5. The molecule has 1 fully saturated rings. The van der Waals surface area contributed by atoms with Crippen LogP contribution in [-0.2, 0) is 4.79 Å². The largest absolute Gasteiger partial charge is 0.469 e. The van der Waals surface area contributed by atoms with E-state index < -0.39 is 0 Å². The molecular formula is C21H20N2O2. The Kier molecular flexibility index (Phi) is 4.10. The van der Waals surface area contributed by atoms with E-state index in [2.05, 4.69) is 34.6 Å². The molecule has 0 aliphatic heterocycles. The summed E-state index contributed by atoms with van der Waals surface area (Å²) in [6.07, 6.45) is 6.15. The molecule has 4 rings (SSSR count). The van der Waals surface area contributed by atoms with Gasteiger partial charge in [-0.1, -0.05) is 30.3 Å². The highest BCUT2D eigenvalue weighted by atomic mass is 16.3. The Balaban J connectivity index is 1.38. The molecular weight excluding hydrogens is 312 g/mol. The van der Waals surface area contributed by atoms with Crippen LogP contribution in [0.1, 0.15) is 36.6 Å². The van der Waals surface area contributed by atoms with Crippen LogP contribution in [0, 0.1) is 5.92 Å². The molecule has 1 amide bonds. The Hall–Kier alpha value is -2.88. The number of carbonyl (C=O) groups is 1. The summed E-state index contributed by atoms with van der Waals surface area (Å²) < 4.78 is 5.40. The first-order valence-corrected chi connectivity index (χ1v) is 8.56. The SMILES string of the molecule is C[C@H](NC(=O)[C@H]1C[C@@H]1c1ccco1)c1ccc(-c2cccnc2)cc1. The molecule has 3 aromatic rings. The number of hydrogen-bond donors (Lipinski definition) is 1. The van der Waals surface area contributed by atoms with Gasteiger partial charge in [-0.05, 0) is 48.2 Å². The van der Waals surface area contributed by atoms with Crippen LogP contribution in [-0.4, -0.2) is 10.9 Å². The van der Waals surface area contributed by atoms with Gasteiger partial charge in [-0.25, -0.2) is 0 Å². The Bertz CT molecular complexity index is 841. The van der Waals surface area contributed by atoms with Gasteiger partial charge in [0.2, 0.25) is 5.91 Å². The standard InChI is InChI=1S/C21H20N2O2/c1-14(23-21(24)19-12-18(19)20-5-3-11-25-20)15-6-8-16(9-7-15)17-4-2-10-22-13-17/h2-11,13-14,18-19H,12H2,1H3,(H,23,24)/t14-,18-,19-/m0/s1. The van der Waals surface area contributed by atoms with Crippen molar-refractivity contribution in [2.24, 2.45) is 5.92 Å². The zero-order valence-corrected chi connectivity index (χ0v) is 14.1. The van der Waals surface area contributed by atoms with Crippen molar-refractivity contribution < 1.29 is 9.21 Å². The maximum Gasteiger partial charge on any atom is 0.224 e. The summed E-state index contributed by atoms with van der Waals surface area (Å²) in [5.74, 6) is 1.28. The van der Waals surface area contributed by atoms with Gasteiger partial charge in [-0.3, -0.25) is 9.78 Å². The topological polar surface area (TPSA) is 55.1 Å². The summed E-state index contributed by atoms with van der Waals surface area (Å²) in [7, 11) is 0. The Morgan fingerprint density at radius 1 is 1.16 bits per heavy atom. The normalized spacial score (nSPS) is 20.0. The van der Waals surface area contributed by atoms with Crippen LogP contribution in [0.5, 0.6) is 0 Å². The summed E-state index contributed by atoms with van der Waals surface area (Å²) in [5, 5.41) is 3.12. The minimum Gasteiger partial charge on any atom is -0.469 e. The van der Waals surface area contributed by atoms with E-state index >= 15 is 0 Å². The zero-order chi connectivity index (χ0) is 17.2. The number of furan rings is 1. The third-order valence-electron chi connectivity index (χ3n) is 4.80. The number of benzene rings is 1. The van der Waals surface area contributed by atoms with E-state index in [0.29, 0.717) is 0 Å². The molecule has 2 heterocycles. The summed E-state index contributed by atoms with van der Waals surface area (Å²) >= 11 is 0. The summed E-state index contributed by atoms with van der Waals surface area (Å²) in [5.41, 5.74) is 3.30. The third-order valence-corrected chi connectivity index (χ3v) is 4.80. The summed E-state index contributed by atoms with van der Waals surface area (Å²) in [6, 6.07) is 16.0. The highest BCUT2D eigenvalue weighted by Crippen LogP contribution is 2.47. The monoisotopic (exact) mass is 332 g/mol. The van der Waals surface area contributed by atoms with Gasteiger partial charge in [0, 0.05) is 24.2 Å². The van der Waals surface area contributed by atoms with Crippen LogP contribution >= 0.6 is 0 Å². The van der Waals surface area contributed by atoms with Crippen molar-refractivity contribution in [1.82, 2.24) is 10.3 Å². The molecule has 1 aliphatic carbocycles. The number of amides is 1. The minimum absolute atomic E-state index is 0.0201. The molecule has 1 aromatic carbocycles. The molecule has 25 heavy (non-hydrogen) atoms. The van der Waals surface area contributed by atoms with Gasteiger partial charge in [-0.15, -0.1) is 0 Å². The van der Waals surface area contributed by atoms with Crippen molar-refractivity contribution in [3.8, 4) is 11.1 Å². The van der Waals surface area contributed by atoms with Crippen LogP contribution in [0.4, 0.5) is 0 Å². The van der Waals surface area contributed by atoms with Gasteiger partial charge < -0.3 is 9.73 Å². The van der Waals surface area contributed by atoms with Gasteiger partial charge in [0.1, 0.15) is 5.76 Å². The van der Waals surface area contributed by atoms with Crippen LogP contribution in [0.15, 0.2) is 71.6 Å². The molecule has 126 valence electrons. The maximum atomic E-state index is 12.4. The third kappa shape index (κ3) is 3.33. The smallest absolute Gasteiger partial charge is 0.224 e. The lowest BCUT2D eigenvalue weighted by molar-refractivity contribution is -0.123. The fraction of sp³-hybridized carbons (Fsp3) is 0.238. The minimum atomic E-state index is -0.0201. The van der Waals surface area contributed by atoms with E-state index in [-0.39, 0.29) is 23.8 Å². The van der Waals surface area contributed by atoms with Crippen LogP contribution in [0.2, 0.25) is 0 Å². The van der Waals surface area contributed by atoms with Crippen molar-refractivity contribution in [3.63, 3.8) is 0 Å². The number of aromatic nitrogens is 1. The summed E-state index contributed by atoms with van der Waals surface area (Å²) in [6.45, 7) is 2.02. The number of nitrogens with one attached hydrogen (secondary N) is 1. The number of nitrogens with zero attached hydrogens (tertiary/aromatic N) is 1. The number of hydrogen-bond acceptors (Lipinski definition) is 3.